The topological polar surface area (TPSA) is 55.9 Å². The number of nitrogens with one attached hydrogen (secondary N) is 2. The van der Waals surface area contributed by atoms with Crippen molar-refractivity contribution in [3.05, 3.63) is 28.6 Å². The fourth-order valence-electron chi connectivity index (χ4n) is 2.09. The van der Waals surface area contributed by atoms with Crippen LogP contribution in [0.4, 0.5) is 0 Å². The van der Waals surface area contributed by atoms with Gasteiger partial charge in [0.1, 0.15) is 18.8 Å². The predicted molar refractivity (Wildman–Crippen MR) is 79.5 cm³/mol. The number of hydrogen-bond donors (Lipinski definition) is 2. The number of halogens is 1. The molecule has 1 aromatic rings. The van der Waals surface area contributed by atoms with E-state index in [1.54, 1.807) is 23.1 Å². The van der Waals surface area contributed by atoms with E-state index in [1.165, 1.54) is 6.08 Å². The summed E-state index contributed by atoms with van der Waals surface area (Å²) in [5, 5.41) is 2.88. The van der Waals surface area contributed by atoms with E-state index in [9.17, 15) is 4.79 Å². The number of carbonyl (C=O) groups excluding carboxylic acids is 1. The van der Waals surface area contributed by atoms with E-state index in [0.29, 0.717) is 17.0 Å². The van der Waals surface area contributed by atoms with Gasteiger partial charge in [0.15, 0.2) is 4.67 Å². The predicted octanol–water partition coefficient (Wildman–Crippen LogP) is 0.477. The summed E-state index contributed by atoms with van der Waals surface area (Å²) in [6.07, 6.45) is 4.14. The molecule has 1 aromatic heterocycles. The first kappa shape index (κ1) is 15.3. The maximum Gasteiger partial charge on any atom is 0.244 e. The van der Waals surface area contributed by atoms with Crippen LogP contribution in [0, 0.1) is 0 Å². The molecule has 0 unspecified atom stereocenters. The normalized spacial score (nSPS) is 16.6. The average Bonchev–Trinajstić information content (AvgIpc) is 2.88. The van der Waals surface area contributed by atoms with Gasteiger partial charge in [-0.05, 0) is 34.1 Å². The lowest BCUT2D eigenvalue weighted by molar-refractivity contribution is -0.908. The molecule has 1 fully saturated rings. The molecule has 0 saturated carbocycles. The van der Waals surface area contributed by atoms with Crippen LogP contribution in [0.3, 0.4) is 0 Å². The summed E-state index contributed by atoms with van der Waals surface area (Å²) < 4.78 is 11.2. The van der Waals surface area contributed by atoms with Crippen molar-refractivity contribution >= 4 is 27.9 Å². The third-order valence-electron chi connectivity index (χ3n) is 3.20. The molecular formula is C14H20BrN2O3+. The average molecular weight is 344 g/mol. The maximum absolute atomic E-state index is 11.6. The molecule has 0 atom stereocenters. The molecule has 6 heteroatoms. The molecule has 0 bridgehead atoms. The Balaban J connectivity index is 1.59. The summed E-state index contributed by atoms with van der Waals surface area (Å²) in [6, 6.07) is 3.60. The minimum absolute atomic E-state index is 0.0884. The Morgan fingerprint density at radius 3 is 2.90 bits per heavy atom. The lowest BCUT2D eigenvalue weighted by Gasteiger charge is -2.23. The Hall–Kier alpha value is -1.11. The zero-order valence-electron chi connectivity index (χ0n) is 11.4. The van der Waals surface area contributed by atoms with Crippen molar-refractivity contribution in [2.45, 2.75) is 6.42 Å². The van der Waals surface area contributed by atoms with E-state index in [-0.39, 0.29) is 5.91 Å². The number of quaternary nitrogens is 1. The summed E-state index contributed by atoms with van der Waals surface area (Å²) in [4.78, 5) is 13.2. The van der Waals surface area contributed by atoms with Crippen molar-refractivity contribution in [1.82, 2.24) is 5.32 Å². The first-order valence-electron chi connectivity index (χ1n) is 6.86. The number of morpholine rings is 1. The third kappa shape index (κ3) is 5.48. The van der Waals surface area contributed by atoms with Crippen LogP contribution in [0.15, 0.2) is 27.3 Å². The fraction of sp³-hybridized carbons (Fsp3) is 0.500. The van der Waals surface area contributed by atoms with E-state index < -0.39 is 0 Å². The first-order valence-corrected chi connectivity index (χ1v) is 7.66. The molecule has 5 nitrogen and oxygen atoms in total. The van der Waals surface area contributed by atoms with Crippen LogP contribution in [0.2, 0.25) is 0 Å². The number of amides is 1. The molecule has 110 valence electrons. The minimum atomic E-state index is -0.0884. The highest BCUT2D eigenvalue weighted by Gasteiger charge is 2.12. The van der Waals surface area contributed by atoms with Gasteiger partial charge in [-0.25, -0.2) is 0 Å². The molecule has 1 aliphatic rings. The van der Waals surface area contributed by atoms with Gasteiger partial charge in [-0.15, -0.1) is 0 Å². The van der Waals surface area contributed by atoms with Crippen LogP contribution in [0.5, 0.6) is 0 Å². The first-order chi connectivity index (χ1) is 9.74. The van der Waals surface area contributed by atoms with Crippen LogP contribution in [-0.2, 0) is 9.53 Å². The number of furan rings is 1. The molecule has 0 radical (unpaired) electrons. The van der Waals surface area contributed by atoms with E-state index in [1.807, 2.05) is 0 Å². The van der Waals surface area contributed by atoms with Gasteiger partial charge in [0.25, 0.3) is 0 Å². The second-order valence-electron chi connectivity index (χ2n) is 4.73. The van der Waals surface area contributed by atoms with Crippen LogP contribution >= 0.6 is 15.9 Å². The Kier molecular flexibility index (Phi) is 6.29. The smallest absolute Gasteiger partial charge is 0.244 e. The number of carbonyl (C=O) groups is 1. The molecule has 0 aromatic carbocycles. The molecule has 2 rings (SSSR count). The molecule has 0 aliphatic carbocycles. The van der Waals surface area contributed by atoms with E-state index in [2.05, 4.69) is 21.2 Å². The third-order valence-corrected chi connectivity index (χ3v) is 3.63. The van der Waals surface area contributed by atoms with Crippen molar-refractivity contribution in [1.29, 1.82) is 0 Å². The van der Waals surface area contributed by atoms with Gasteiger partial charge in [-0.3, -0.25) is 4.79 Å². The van der Waals surface area contributed by atoms with Crippen molar-refractivity contribution in [2.24, 2.45) is 0 Å². The highest BCUT2D eigenvalue weighted by molar-refractivity contribution is 9.10. The number of rotatable bonds is 6. The molecule has 2 N–H and O–H groups in total. The SMILES string of the molecule is O=C(/C=C/c1ccc(Br)o1)NCCC[NH+]1CCOCC1. The standard InChI is InChI=1S/C14H19BrN2O3/c15-13-4-2-12(20-13)3-5-14(18)16-6-1-7-17-8-10-19-11-9-17/h2-5H,1,6-11H2,(H,16,18)/p+1/b5-3+. The van der Waals surface area contributed by atoms with Crippen LogP contribution in [0.1, 0.15) is 12.2 Å². The van der Waals surface area contributed by atoms with Gasteiger partial charge in [0.2, 0.25) is 5.91 Å². The highest BCUT2D eigenvalue weighted by Crippen LogP contribution is 2.14. The second-order valence-corrected chi connectivity index (χ2v) is 5.51. The van der Waals surface area contributed by atoms with Crippen molar-refractivity contribution in [3.8, 4) is 0 Å². The number of hydrogen-bond acceptors (Lipinski definition) is 3. The minimum Gasteiger partial charge on any atom is -0.450 e. The quantitative estimate of drug-likeness (QED) is 0.583. The Morgan fingerprint density at radius 2 is 2.20 bits per heavy atom. The summed E-state index contributed by atoms with van der Waals surface area (Å²) >= 11 is 3.22. The largest absolute Gasteiger partial charge is 0.450 e. The summed E-state index contributed by atoms with van der Waals surface area (Å²) in [5.41, 5.74) is 0. The monoisotopic (exact) mass is 343 g/mol. The summed E-state index contributed by atoms with van der Waals surface area (Å²) in [6.45, 7) is 5.63. The van der Waals surface area contributed by atoms with Gasteiger partial charge in [-0.2, -0.15) is 0 Å². The molecule has 2 heterocycles. The molecule has 1 saturated heterocycles. The van der Waals surface area contributed by atoms with Gasteiger partial charge in [0.05, 0.1) is 19.8 Å². The lowest BCUT2D eigenvalue weighted by Crippen LogP contribution is -3.14. The zero-order valence-corrected chi connectivity index (χ0v) is 12.9. The zero-order chi connectivity index (χ0) is 14.2. The van der Waals surface area contributed by atoms with Crippen molar-refractivity contribution in [2.75, 3.05) is 39.4 Å². The Bertz CT molecular complexity index is 453. The summed E-state index contributed by atoms with van der Waals surface area (Å²) in [7, 11) is 0. The maximum atomic E-state index is 11.6. The van der Waals surface area contributed by atoms with Crippen LogP contribution < -0.4 is 10.2 Å². The van der Waals surface area contributed by atoms with Crippen LogP contribution in [0.25, 0.3) is 6.08 Å². The van der Waals surface area contributed by atoms with E-state index in [4.69, 9.17) is 9.15 Å². The van der Waals surface area contributed by atoms with Gasteiger partial charge in [0, 0.05) is 19.0 Å². The fourth-order valence-corrected chi connectivity index (χ4v) is 2.41. The van der Waals surface area contributed by atoms with Gasteiger partial charge < -0.3 is 19.4 Å². The van der Waals surface area contributed by atoms with Crippen molar-refractivity contribution in [3.63, 3.8) is 0 Å². The molecule has 1 aliphatic heterocycles. The molecule has 1 amide bonds. The summed E-state index contributed by atoms with van der Waals surface area (Å²) in [5.74, 6) is 0.569. The molecule has 20 heavy (non-hydrogen) atoms. The molecular weight excluding hydrogens is 324 g/mol. The van der Waals surface area contributed by atoms with Crippen molar-refractivity contribution < 1.29 is 18.8 Å². The van der Waals surface area contributed by atoms with Gasteiger partial charge in [-0.1, -0.05) is 0 Å². The van der Waals surface area contributed by atoms with E-state index >= 15 is 0 Å². The number of ether oxygens (including phenoxy) is 1. The second kappa shape index (κ2) is 8.24. The highest BCUT2D eigenvalue weighted by atomic mass is 79.9. The Morgan fingerprint density at radius 1 is 1.40 bits per heavy atom. The van der Waals surface area contributed by atoms with E-state index in [0.717, 1.165) is 39.3 Å². The van der Waals surface area contributed by atoms with Gasteiger partial charge >= 0.3 is 0 Å². The Labute approximate surface area is 127 Å². The molecule has 0 spiro atoms. The lowest BCUT2D eigenvalue weighted by atomic mass is 10.3. The van der Waals surface area contributed by atoms with Crippen LogP contribution in [-0.4, -0.2) is 45.3 Å².